The standard InChI is InChI=1S/C53H62N8O5/c1-34-11-16-40(56-41-32-54-33-41)31-45(34)51(64)55-35(2)42-17-14-38(43-8-4-5-9-44(42)43)13-12-36-21-26-59(27-22-36)25-7-6-10-50(63)60-28-23-37(24-29-60)39-15-18-46-48(30-39)58(3)53(66)61(46)47-19-20-49(62)57-52(47)65/h4-5,8-9,11,14-18,30-31,35-37,41,47,54,56H,6-7,10,19-29,32-33H2,1-3H3,(H,55,64)(H,57,62,65)/t35-,47?/m0/s1. The smallest absolute Gasteiger partial charge is 0.329 e. The van der Waals surface area contributed by atoms with E-state index in [4.69, 9.17) is 0 Å². The molecule has 4 saturated heterocycles. The third kappa shape index (κ3) is 9.67. The van der Waals surface area contributed by atoms with Gasteiger partial charge in [-0.1, -0.05) is 54.3 Å². The quantitative estimate of drug-likeness (QED) is 0.0649. The highest BCUT2D eigenvalue weighted by atomic mass is 16.2. The van der Waals surface area contributed by atoms with Crippen LogP contribution in [0.3, 0.4) is 0 Å². The topological polar surface area (TPSA) is 150 Å². The van der Waals surface area contributed by atoms with Gasteiger partial charge in [0, 0.05) is 68.8 Å². The largest absolute Gasteiger partial charge is 0.380 e. The molecule has 9 rings (SSSR count). The number of benzene rings is 4. The van der Waals surface area contributed by atoms with Crippen LogP contribution < -0.4 is 27.0 Å². The molecule has 2 atom stereocenters. The van der Waals surface area contributed by atoms with Crippen molar-refractivity contribution in [3.8, 4) is 11.8 Å². The zero-order valence-corrected chi connectivity index (χ0v) is 38.5. The number of unbranched alkanes of at least 4 members (excludes halogenated alkanes) is 1. The number of nitrogens with one attached hydrogen (secondary N) is 4. The molecule has 4 aromatic carbocycles. The Bertz CT molecular complexity index is 2780. The van der Waals surface area contributed by atoms with Crippen molar-refractivity contribution in [1.29, 1.82) is 0 Å². The number of carbonyl (C=O) groups is 4. The van der Waals surface area contributed by atoms with E-state index in [1.165, 1.54) is 4.57 Å². The number of imide groups is 1. The maximum Gasteiger partial charge on any atom is 0.329 e. The average Bonchev–Trinajstić information content (AvgIpc) is 3.56. The SMILES string of the molecule is Cc1ccc(NC2CNC2)cc1C(=O)N[C@@H](C)c1ccc(C#CC2CCN(CCCCC(=O)N3CCC(c4ccc5c(c4)n(C)c(=O)n5C4CCC(=O)NC4=O)CC3)CC2)c2ccccc12. The highest BCUT2D eigenvalue weighted by Gasteiger charge is 2.32. The number of anilines is 1. The summed E-state index contributed by atoms with van der Waals surface area (Å²) in [6.45, 7) is 10.3. The molecule has 13 heteroatoms. The van der Waals surface area contributed by atoms with Gasteiger partial charge in [-0.2, -0.15) is 0 Å². The molecule has 5 aromatic rings. The summed E-state index contributed by atoms with van der Waals surface area (Å²) in [5.41, 5.74) is 7.01. The fourth-order valence-electron chi connectivity index (χ4n) is 10.3. The van der Waals surface area contributed by atoms with Crippen molar-refractivity contribution in [2.24, 2.45) is 13.0 Å². The second kappa shape index (κ2) is 19.7. The molecule has 0 bridgehead atoms. The molecule has 0 spiro atoms. The van der Waals surface area contributed by atoms with Crippen LogP contribution in [0.4, 0.5) is 5.69 Å². The molecule has 344 valence electrons. The van der Waals surface area contributed by atoms with Gasteiger partial charge in [-0.15, -0.1) is 0 Å². The van der Waals surface area contributed by atoms with Gasteiger partial charge in [0.25, 0.3) is 5.91 Å². The first-order chi connectivity index (χ1) is 32.0. The molecular formula is C53H62N8O5. The van der Waals surface area contributed by atoms with E-state index in [2.05, 4.69) is 74.4 Å². The number of hydrogen-bond acceptors (Lipinski definition) is 8. The number of carbonyl (C=O) groups excluding carboxylic acids is 4. The van der Waals surface area contributed by atoms with E-state index in [1.54, 1.807) is 11.6 Å². The summed E-state index contributed by atoms with van der Waals surface area (Å²) in [7, 11) is 1.72. The summed E-state index contributed by atoms with van der Waals surface area (Å²) >= 11 is 0. The van der Waals surface area contributed by atoms with Gasteiger partial charge in [0.1, 0.15) is 6.04 Å². The lowest BCUT2D eigenvalue weighted by Gasteiger charge is -2.32. The molecule has 0 aliphatic carbocycles. The molecule has 1 aromatic heterocycles. The minimum absolute atomic E-state index is 0.0804. The lowest BCUT2D eigenvalue weighted by molar-refractivity contribution is -0.136. The Morgan fingerprint density at radius 2 is 1.62 bits per heavy atom. The van der Waals surface area contributed by atoms with Crippen LogP contribution in [-0.4, -0.2) is 94.4 Å². The maximum atomic E-state index is 13.6. The van der Waals surface area contributed by atoms with Crippen LogP contribution in [0.5, 0.6) is 0 Å². The van der Waals surface area contributed by atoms with Gasteiger partial charge in [0.2, 0.25) is 17.7 Å². The minimum atomic E-state index is -0.703. The van der Waals surface area contributed by atoms with Gasteiger partial charge in [0.05, 0.1) is 23.1 Å². The second-order valence-corrected chi connectivity index (χ2v) is 18.9. The molecule has 66 heavy (non-hydrogen) atoms. The summed E-state index contributed by atoms with van der Waals surface area (Å²) in [6.07, 6.45) is 6.74. The van der Waals surface area contributed by atoms with Gasteiger partial charge in [0.15, 0.2) is 0 Å². The van der Waals surface area contributed by atoms with E-state index < -0.39 is 11.9 Å². The number of piperidine rings is 3. The van der Waals surface area contributed by atoms with Crippen LogP contribution in [0, 0.1) is 24.7 Å². The highest BCUT2D eigenvalue weighted by Crippen LogP contribution is 2.33. The van der Waals surface area contributed by atoms with Crippen molar-refractivity contribution in [1.82, 2.24) is 34.9 Å². The predicted molar refractivity (Wildman–Crippen MR) is 258 cm³/mol. The second-order valence-electron chi connectivity index (χ2n) is 18.9. The Hall–Kier alpha value is -6.23. The first kappa shape index (κ1) is 44.9. The number of aryl methyl sites for hydroxylation is 2. The van der Waals surface area contributed by atoms with Crippen molar-refractivity contribution in [2.45, 2.75) is 95.7 Å². The van der Waals surface area contributed by atoms with Crippen LogP contribution in [0.25, 0.3) is 21.8 Å². The third-order valence-corrected chi connectivity index (χ3v) is 14.5. The van der Waals surface area contributed by atoms with Crippen molar-refractivity contribution in [3.63, 3.8) is 0 Å². The van der Waals surface area contributed by atoms with Crippen molar-refractivity contribution in [2.75, 3.05) is 51.1 Å². The maximum absolute atomic E-state index is 13.6. The molecule has 4 N–H and O–H groups in total. The third-order valence-electron chi connectivity index (χ3n) is 14.5. The lowest BCUT2D eigenvalue weighted by Crippen LogP contribution is -2.51. The highest BCUT2D eigenvalue weighted by molar-refractivity contribution is 6.00. The molecule has 1 unspecified atom stereocenters. The number of fused-ring (bicyclic) bond motifs is 2. The summed E-state index contributed by atoms with van der Waals surface area (Å²) < 4.78 is 3.10. The fraction of sp³-hybridized carbons (Fsp3) is 0.453. The molecule has 4 fully saturated rings. The molecule has 13 nitrogen and oxygen atoms in total. The first-order valence-electron chi connectivity index (χ1n) is 24.0. The van der Waals surface area contributed by atoms with E-state index in [9.17, 15) is 24.0 Å². The Balaban J connectivity index is 0.713. The molecule has 4 aliphatic heterocycles. The van der Waals surface area contributed by atoms with Gasteiger partial charge in [-0.3, -0.25) is 33.6 Å². The van der Waals surface area contributed by atoms with E-state index in [-0.39, 0.29) is 41.8 Å². The Morgan fingerprint density at radius 3 is 2.36 bits per heavy atom. The Labute approximate surface area is 386 Å². The van der Waals surface area contributed by atoms with E-state index >= 15 is 0 Å². The van der Waals surface area contributed by atoms with Gasteiger partial charge in [-0.05, 0) is 142 Å². The van der Waals surface area contributed by atoms with Crippen LogP contribution in [-0.2, 0) is 21.4 Å². The lowest BCUT2D eigenvalue weighted by atomic mass is 9.89. The van der Waals surface area contributed by atoms with Crippen molar-refractivity contribution < 1.29 is 19.2 Å². The van der Waals surface area contributed by atoms with E-state index in [0.29, 0.717) is 35.9 Å². The normalized spacial score (nSPS) is 19.3. The molecule has 0 saturated carbocycles. The number of imidazole rings is 1. The zero-order valence-electron chi connectivity index (χ0n) is 38.5. The first-order valence-corrected chi connectivity index (χ1v) is 24.0. The van der Waals surface area contributed by atoms with Crippen LogP contribution in [0.1, 0.15) is 115 Å². The Morgan fingerprint density at radius 1 is 0.848 bits per heavy atom. The number of hydrogen-bond donors (Lipinski definition) is 4. The summed E-state index contributed by atoms with van der Waals surface area (Å²) in [5.74, 6) is 7.17. The zero-order chi connectivity index (χ0) is 45.9. The van der Waals surface area contributed by atoms with Crippen LogP contribution >= 0.6 is 0 Å². The Kier molecular flexibility index (Phi) is 13.4. The number of likely N-dealkylation sites (tertiary alicyclic amines) is 2. The molecule has 4 aliphatic rings. The van der Waals surface area contributed by atoms with Gasteiger partial charge < -0.3 is 25.8 Å². The van der Waals surface area contributed by atoms with Crippen molar-refractivity contribution in [3.05, 3.63) is 111 Å². The average molecular weight is 891 g/mol. The minimum Gasteiger partial charge on any atom is -0.380 e. The molecule has 4 amide bonds. The summed E-state index contributed by atoms with van der Waals surface area (Å²) in [6, 6.07) is 24.1. The number of amides is 4. The van der Waals surface area contributed by atoms with Gasteiger partial charge in [-0.25, -0.2) is 4.79 Å². The number of aromatic nitrogens is 2. The summed E-state index contributed by atoms with van der Waals surface area (Å²) in [5, 5.41) is 14.6. The number of nitrogens with zero attached hydrogens (tertiary/aromatic N) is 4. The van der Waals surface area contributed by atoms with Crippen LogP contribution in [0.15, 0.2) is 77.6 Å². The molecule has 5 heterocycles. The predicted octanol–water partition coefficient (Wildman–Crippen LogP) is 6.29. The monoisotopic (exact) mass is 890 g/mol. The number of rotatable bonds is 12. The van der Waals surface area contributed by atoms with Gasteiger partial charge >= 0.3 is 5.69 Å². The molecular weight excluding hydrogens is 829 g/mol. The van der Waals surface area contributed by atoms with E-state index in [1.807, 2.05) is 55.1 Å². The summed E-state index contributed by atoms with van der Waals surface area (Å²) in [4.78, 5) is 68.9. The molecule has 0 radical (unpaired) electrons. The van der Waals surface area contributed by atoms with E-state index in [0.717, 1.165) is 129 Å². The fourth-order valence-corrected chi connectivity index (χ4v) is 10.3. The van der Waals surface area contributed by atoms with Crippen molar-refractivity contribution >= 4 is 51.1 Å². The van der Waals surface area contributed by atoms with Crippen LogP contribution in [0.2, 0.25) is 0 Å².